The number of rotatable bonds is 10. The first-order chi connectivity index (χ1) is 15.8. The summed E-state index contributed by atoms with van der Waals surface area (Å²) in [7, 11) is 0. The van der Waals surface area contributed by atoms with E-state index in [-0.39, 0.29) is 23.2 Å². The number of nitrogens with one attached hydrogen (secondary N) is 1. The number of aromatic nitrogens is 3. The van der Waals surface area contributed by atoms with Crippen LogP contribution in [0.5, 0.6) is 5.75 Å². The summed E-state index contributed by atoms with van der Waals surface area (Å²) < 4.78 is 7.66. The maximum Gasteiger partial charge on any atom is 0.271 e. The number of nitrogens with zero attached hydrogens (tertiary/aromatic N) is 4. The summed E-state index contributed by atoms with van der Waals surface area (Å²) in [5, 5.41) is 22.0. The van der Waals surface area contributed by atoms with E-state index in [2.05, 4.69) is 22.1 Å². The Morgan fingerprint density at radius 2 is 2.15 bits per heavy atom. The average molecular weight is 488 g/mol. The summed E-state index contributed by atoms with van der Waals surface area (Å²) >= 11 is 7.29. The van der Waals surface area contributed by atoms with E-state index in [0.29, 0.717) is 23.2 Å². The first-order valence-corrected chi connectivity index (χ1v) is 11.2. The van der Waals surface area contributed by atoms with Crippen LogP contribution in [-0.2, 0) is 17.9 Å². The third-order valence-corrected chi connectivity index (χ3v) is 5.93. The van der Waals surface area contributed by atoms with Gasteiger partial charge in [0.2, 0.25) is 5.91 Å². The number of non-ortho nitro benzene ring substituents is 1. The molecule has 0 bridgehead atoms. The van der Waals surface area contributed by atoms with E-state index in [1.165, 1.54) is 30.0 Å². The molecule has 11 heteroatoms. The second-order valence-corrected chi connectivity index (χ2v) is 8.79. The number of aryl methyl sites for hydroxylation is 1. The summed E-state index contributed by atoms with van der Waals surface area (Å²) in [6.07, 6.45) is 1.71. The number of amides is 1. The van der Waals surface area contributed by atoms with Crippen LogP contribution in [0.1, 0.15) is 18.3 Å². The smallest absolute Gasteiger partial charge is 0.271 e. The summed E-state index contributed by atoms with van der Waals surface area (Å²) in [6, 6.07) is 11.6. The third kappa shape index (κ3) is 6.33. The second kappa shape index (κ2) is 11.0. The van der Waals surface area contributed by atoms with E-state index in [9.17, 15) is 14.9 Å². The average Bonchev–Trinajstić information content (AvgIpc) is 3.15. The highest BCUT2D eigenvalue weighted by Crippen LogP contribution is 2.29. The maximum absolute atomic E-state index is 12.7. The highest BCUT2D eigenvalue weighted by Gasteiger charge is 2.21. The van der Waals surface area contributed by atoms with E-state index in [0.717, 1.165) is 11.3 Å². The molecular formula is C22H22ClN5O4S. The molecule has 1 amide bonds. The standard InChI is InChI=1S/C22H22ClN5O4S/c1-4-10-27-20(13-32-17-7-5-6-14(2)11-17)25-26-22(27)33-15(3)21(29)24-19-9-8-16(28(30)31)12-18(19)23/h4-9,11-12,15H,1,10,13H2,2-3H3,(H,24,29). The summed E-state index contributed by atoms with van der Waals surface area (Å²) in [5.41, 5.74) is 1.22. The van der Waals surface area contributed by atoms with Crippen LogP contribution in [0.25, 0.3) is 0 Å². The predicted octanol–water partition coefficient (Wildman–Crippen LogP) is 5.03. The maximum atomic E-state index is 12.7. The lowest BCUT2D eigenvalue weighted by Gasteiger charge is -2.14. The van der Waals surface area contributed by atoms with E-state index in [1.54, 1.807) is 13.0 Å². The minimum Gasteiger partial charge on any atom is -0.486 e. The van der Waals surface area contributed by atoms with Crippen molar-refractivity contribution in [3.05, 3.63) is 81.6 Å². The van der Waals surface area contributed by atoms with Gasteiger partial charge >= 0.3 is 0 Å². The van der Waals surface area contributed by atoms with Crippen molar-refractivity contribution in [2.75, 3.05) is 5.32 Å². The number of benzene rings is 2. The van der Waals surface area contributed by atoms with Crippen molar-refractivity contribution in [1.82, 2.24) is 14.8 Å². The zero-order valence-corrected chi connectivity index (χ0v) is 19.6. The number of nitro groups is 1. The van der Waals surface area contributed by atoms with Crippen molar-refractivity contribution in [1.29, 1.82) is 0 Å². The fourth-order valence-electron chi connectivity index (χ4n) is 2.84. The topological polar surface area (TPSA) is 112 Å². The Hall–Kier alpha value is -3.37. The highest BCUT2D eigenvalue weighted by atomic mass is 35.5. The van der Waals surface area contributed by atoms with Crippen molar-refractivity contribution < 1.29 is 14.5 Å². The first kappa shape index (κ1) is 24.3. The largest absolute Gasteiger partial charge is 0.486 e. The third-order valence-electron chi connectivity index (χ3n) is 4.54. The normalized spacial score (nSPS) is 11.6. The van der Waals surface area contributed by atoms with Crippen molar-refractivity contribution in [3.63, 3.8) is 0 Å². The molecule has 1 unspecified atom stereocenters. The van der Waals surface area contributed by atoms with Gasteiger partial charge < -0.3 is 10.1 Å². The van der Waals surface area contributed by atoms with E-state index >= 15 is 0 Å². The number of carbonyl (C=O) groups excluding carboxylic acids is 1. The minimum atomic E-state index is -0.553. The number of thioether (sulfide) groups is 1. The molecule has 0 saturated heterocycles. The molecule has 0 spiro atoms. The van der Waals surface area contributed by atoms with Crippen LogP contribution in [0.4, 0.5) is 11.4 Å². The van der Waals surface area contributed by atoms with Gasteiger partial charge in [-0.25, -0.2) is 0 Å². The Labute approximate surface area is 200 Å². The van der Waals surface area contributed by atoms with Gasteiger partial charge in [-0.05, 0) is 37.6 Å². The Kier molecular flexibility index (Phi) is 8.07. The molecule has 9 nitrogen and oxygen atoms in total. The second-order valence-electron chi connectivity index (χ2n) is 7.07. The number of carbonyl (C=O) groups is 1. The lowest BCUT2D eigenvalue weighted by Crippen LogP contribution is -2.23. The van der Waals surface area contributed by atoms with Crippen LogP contribution in [0.2, 0.25) is 5.02 Å². The Bertz CT molecular complexity index is 1180. The zero-order valence-electron chi connectivity index (χ0n) is 18.0. The van der Waals surface area contributed by atoms with Gasteiger partial charge in [-0.3, -0.25) is 19.5 Å². The molecule has 0 fully saturated rings. The molecule has 2 aromatic carbocycles. The Morgan fingerprint density at radius 3 is 2.82 bits per heavy atom. The summed E-state index contributed by atoms with van der Waals surface area (Å²) in [6.45, 7) is 8.14. The van der Waals surface area contributed by atoms with E-state index in [4.69, 9.17) is 16.3 Å². The van der Waals surface area contributed by atoms with Gasteiger partial charge in [-0.2, -0.15) is 0 Å². The molecule has 0 aliphatic carbocycles. The lowest BCUT2D eigenvalue weighted by atomic mass is 10.2. The number of allylic oxidation sites excluding steroid dienone is 1. The van der Waals surface area contributed by atoms with E-state index < -0.39 is 10.2 Å². The summed E-state index contributed by atoms with van der Waals surface area (Å²) in [4.78, 5) is 23.0. The molecule has 0 radical (unpaired) electrons. The Balaban J connectivity index is 1.68. The predicted molar refractivity (Wildman–Crippen MR) is 128 cm³/mol. The summed E-state index contributed by atoms with van der Waals surface area (Å²) in [5.74, 6) is 0.997. The fourth-order valence-corrected chi connectivity index (χ4v) is 3.94. The molecule has 172 valence electrons. The number of ether oxygens (including phenoxy) is 1. The van der Waals surface area contributed by atoms with Crippen molar-refractivity contribution >= 4 is 40.6 Å². The molecule has 33 heavy (non-hydrogen) atoms. The van der Waals surface area contributed by atoms with Gasteiger partial charge in [-0.15, -0.1) is 16.8 Å². The van der Waals surface area contributed by atoms with Crippen molar-refractivity contribution in [2.45, 2.75) is 37.4 Å². The van der Waals surface area contributed by atoms with Crippen LogP contribution in [-0.4, -0.2) is 30.8 Å². The number of halogens is 1. The van der Waals surface area contributed by atoms with Gasteiger partial charge in [0.25, 0.3) is 5.69 Å². The van der Waals surface area contributed by atoms with Gasteiger partial charge in [0.1, 0.15) is 12.4 Å². The van der Waals surface area contributed by atoms with Crippen LogP contribution < -0.4 is 10.1 Å². The molecule has 1 aromatic heterocycles. The number of anilines is 1. The van der Waals surface area contributed by atoms with Gasteiger partial charge in [-0.1, -0.05) is 41.6 Å². The fraction of sp³-hybridized carbons (Fsp3) is 0.227. The van der Waals surface area contributed by atoms with Crippen LogP contribution >= 0.6 is 23.4 Å². The quantitative estimate of drug-likeness (QED) is 0.184. The molecule has 1 heterocycles. The molecule has 3 rings (SSSR count). The zero-order chi connectivity index (χ0) is 24.0. The molecule has 0 aliphatic rings. The van der Waals surface area contributed by atoms with Crippen LogP contribution in [0.3, 0.4) is 0 Å². The Morgan fingerprint density at radius 1 is 1.36 bits per heavy atom. The number of nitro benzene ring substituents is 1. The van der Waals surface area contributed by atoms with Crippen LogP contribution in [0.15, 0.2) is 60.3 Å². The molecule has 1 atom stereocenters. The highest BCUT2D eigenvalue weighted by molar-refractivity contribution is 8.00. The van der Waals surface area contributed by atoms with Crippen molar-refractivity contribution in [2.24, 2.45) is 0 Å². The molecular weight excluding hydrogens is 466 g/mol. The minimum absolute atomic E-state index is 0.0835. The van der Waals surface area contributed by atoms with Crippen molar-refractivity contribution in [3.8, 4) is 5.75 Å². The SMILES string of the molecule is C=CCn1c(COc2cccc(C)c2)nnc1SC(C)C(=O)Nc1ccc([N+](=O)[O-])cc1Cl. The van der Waals surface area contributed by atoms with E-state index in [1.807, 2.05) is 35.8 Å². The monoisotopic (exact) mass is 487 g/mol. The molecule has 0 aliphatic heterocycles. The number of hydrogen-bond donors (Lipinski definition) is 1. The van der Waals surface area contributed by atoms with Gasteiger partial charge in [0.05, 0.1) is 20.9 Å². The molecule has 3 aromatic rings. The lowest BCUT2D eigenvalue weighted by molar-refractivity contribution is -0.384. The molecule has 1 N–H and O–H groups in total. The number of hydrogen-bond acceptors (Lipinski definition) is 7. The first-order valence-electron chi connectivity index (χ1n) is 9.92. The van der Waals surface area contributed by atoms with Gasteiger partial charge in [0, 0.05) is 18.7 Å². The van der Waals surface area contributed by atoms with Gasteiger partial charge in [0.15, 0.2) is 11.0 Å². The van der Waals surface area contributed by atoms with Crippen LogP contribution in [0, 0.1) is 17.0 Å². The molecule has 0 saturated carbocycles.